The molecule has 1 aliphatic heterocycles. The molecule has 7 unspecified atom stereocenters. The van der Waals surface area contributed by atoms with Crippen LogP contribution in [0.4, 0.5) is 11.9 Å². The maximum absolute atomic E-state index is 12.6. The largest absolute Gasteiger partial charge is 0.488 e. The van der Waals surface area contributed by atoms with Crippen molar-refractivity contribution in [1.29, 1.82) is 0 Å². The maximum Gasteiger partial charge on any atom is 0.488 e. The Morgan fingerprint density at radius 2 is 1.68 bits per heavy atom. The molecule has 276 valence electrons. The zero-order valence-electron chi connectivity index (χ0n) is 25.3. The molecule has 50 heavy (non-hydrogen) atoms. The monoisotopic (exact) mass is 791 g/mol. The summed E-state index contributed by atoms with van der Waals surface area (Å²) in [6.07, 6.45) is -4.43. The maximum atomic E-state index is 12.6. The third-order valence-electron chi connectivity index (χ3n) is 6.95. The summed E-state index contributed by atoms with van der Waals surface area (Å²) in [6, 6.07) is 0. The van der Waals surface area contributed by atoms with Crippen LogP contribution in [-0.2, 0) is 55.0 Å². The number of rotatable bonds is 14. The molecular formula is C20H30N10O16P3S+. The fourth-order valence-electron chi connectivity index (χ4n) is 4.99. The second-order valence-electron chi connectivity index (χ2n) is 10.8. The van der Waals surface area contributed by atoms with Gasteiger partial charge in [-0.3, -0.25) is 37.8 Å². The van der Waals surface area contributed by atoms with Crippen molar-refractivity contribution in [3.8, 4) is 0 Å². The number of aromatic amines is 2. The number of hydrogen-bond acceptors (Lipinski definition) is 18. The molecule has 0 bridgehead atoms. The fourth-order valence-corrected chi connectivity index (χ4v) is 11.9. The van der Waals surface area contributed by atoms with Crippen molar-refractivity contribution in [3.05, 3.63) is 33.4 Å². The minimum Gasteiger partial charge on any atom is -0.387 e. The van der Waals surface area contributed by atoms with Gasteiger partial charge in [-0.05, 0) is 6.42 Å². The molecule has 0 spiro atoms. The number of aromatic nitrogens is 8. The number of ether oxygens (including phenoxy) is 1. The number of imidazole rings is 2. The van der Waals surface area contributed by atoms with Gasteiger partial charge < -0.3 is 41.1 Å². The number of aryl methyl sites for hydroxylation is 2. The molecule has 26 nitrogen and oxygen atoms in total. The number of fused-ring (bicyclic) bond motifs is 2. The number of phosphoric ester groups is 1. The number of nitrogen functional groups attached to an aromatic ring is 2. The van der Waals surface area contributed by atoms with Gasteiger partial charge in [0.05, 0.1) is 32.3 Å². The Morgan fingerprint density at radius 3 is 2.38 bits per heavy atom. The smallest absolute Gasteiger partial charge is 0.387 e. The van der Waals surface area contributed by atoms with Crippen molar-refractivity contribution in [2.45, 2.75) is 37.5 Å². The van der Waals surface area contributed by atoms with E-state index in [-0.39, 0.29) is 47.2 Å². The average Bonchev–Trinajstić information content (AvgIpc) is 3.59. The summed E-state index contributed by atoms with van der Waals surface area (Å²) >= 11 is 0. The highest BCUT2D eigenvalue weighted by Crippen LogP contribution is 2.67. The summed E-state index contributed by atoms with van der Waals surface area (Å²) in [5.74, 6) is -1.26. The van der Waals surface area contributed by atoms with Crippen LogP contribution in [0.1, 0.15) is 12.6 Å². The van der Waals surface area contributed by atoms with Gasteiger partial charge in [-0.15, -0.1) is 0 Å². The zero-order chi connectivity index (χ0) is 37.0. The van der Waals surface area contributed by atoms with Crippen LogP contribution in [0.5, 0.6) is 0 Å². The molecular weight excluding hydrogens is 761 g/mol. The molecule has 4 aromatic heterocycles. The van der Waals surface area contributed by atoms with E-state index in [1.54, 1.807) is 0 Å². The minimum atomic E-state index is -6.00. The lowest BCUT2D eigenvalue weighted by Crippen LogP contribution is -2.34. The molecule has 0 aliphatic carbocycles. The van der Waals surface area contributed by atoms with Crippen LogP contribution >= 0.6 is 23.2 Å². The Balaban J connectivity index is 1.15. The highest BCUT2D eigenvalue weighted by Gasteiger charge is 2.47. The van der Waals surface area contributed by atoms with Crippen molar-refractivity contribution in [2.24, 2.45) is 7.05 Å². The molecule has 0 aromatic carbocycles. The number of nitrogens with zero attached hydrogens (tertiary/aromatic N) is 6. The van der Waals surface area contributed by atoms with Crippen molar-refractivity contribution in [2.75, 3.05) is 29.3 Å². The van der Waals surface area contributed by atoms with Gasteiger partial charge in [0.1, 0.15) is 18.3 Å². The van der Waals surface area contributed by atoms with E-state index in [0.717, 1.165) is 10.9 Å². The quantitative estimate of drug-likeness (QED) is 0.0445. The Hall–Kier alpha value is -3.42. The molecule has 5 heterocycles. The van der Waals surface area contributed by atoms with Gasteiger partial charge >= 0.3 is 28.9 Å². The van der Waals surface area contributed by atoms with E-state index in [2.05, 4.69) is 38.1 Å². The predicted octanol–water partition coefficient (Wildman–Crippen LogP) is -3.34. The second kappa shape index (κ2) is 13.6. The lowest BCUT2D eigenvalue weighted by Gasteiger charge is -2.20. The van der Waals surface area contributed by atoms with Crippen LogP contribution in [0.3, 0.4) is 0 Å². The van der Waals surface area contributed by atoms with E-state index >= 15 is 0 Å². The normalized spacial score (nSPS) is 23.6. The summed E-state index contributed by atoms with van der Waals surface area (Å²) in [5, 5.41) is 20.9. The number of phosphoric acid groups is 2. The Labute approximate surface area is 277 Å². The van der Waals surface area contributed by atoms with Crippen molar-refractivity contribution >= 4 is 67.3 Å². The zero-order valence-corrected chi connectivity index (χ0v) is 28.8. The van der Waals surface area contributed by atoms with Gasteiger partial charge in [0.25, 0.3) is 17.1 Å². The first-order chi connectivity index (χ1) is 23.1. The molecule has 1 aliphatic rings. The van der Waals surface area contributed by atoms with Gasteiger partial charge in [-0.1, -0.05) is 4.98 Å². The third kappa shape index (κ3) is 8.37. The molecule has 1 saturated heterocycles. The molecule has 4 aromatic rings. The fraction of sp³-hybridized carbons (Fsp3) is 0.500. The van der Waals surface area contributed by atoms with E-state index in [4.69, 9.17) is 16.2 Å². The molecule has 5 rings (SSSR count). The van der Waals surface area contributed by atoms with Crippen LogP contribution in [0.15, 0.2) is 22.2 Å². The standard InChI is InChI=1S/C20H29N10O16P3S/c1-28-7-29(15-11(28)17(34)27-20(22)25-15)3-2-4-50(41,42)8-47(35,36)45-49(39,40)46-48(37,38)43-5-9-12(31)13(32)18(44-9)30-6-23-10-14(30)24-19(21)26-16(10)33/h6-7,9,12-13,18,31-32H,2-5,8H2,1H3,(H8-,21,22,24,25,26,27,33,34,35,36,37,38,39,40)/p+1. The Bertz CT molecular complexity index is 2320. The van der Waals surface area contributed by atoms with Crippen LogP contribution in [0, 0.1) is 0 Å². The highest BCUT2D eigenvalue weighted by molar-refractivity contribution is 7.98. The van der Waals surface area contributed by atoms with Gasteiger partial charge in [0.15, 0.2) is 39.1 Å². The average molecular weight is 792 g/mol. The highest BCUT2D eigenvalue weighted by atomic mass is 32.2. The molecule has 0 radical (unpaired) electrons. The van der Waals surface area contributed by atoms with Crippen molar-refractivity contribution < 1.29 is 69.5 Å². The summed E-state index contributed by atoms with van der Waals surface area (Å²) < 4.78 is 84.3. The number of H-pyrrole nitrogens is 2. The van der Waals surface area contributed by atoms with Crippen molar-refractivity contribution in [1.82, 2.24) is 34.1 Å². The van der Waals surface area contributed by atoms with E-state index < -0.39 is 86.6 Å². The number of aliphatic hydroxyl groups excluding tert-OH is 2. The molecule has 0 saturated carbocycles. The summed E-state index contributed by atoms with van der Waals surface area (Å²) in [4.78, 5) is 70.3. The van der Waals surface area contributed by atoms with E-state index in [1.807, 2.05) is 0 Å². The molecule has 0 amide bonds. The van der Waals surface area contributed by atoms with E-state index in [1.165, 1.54) is 22.5 Å². The second-order valence-corrected chi connectivity index (χ2v) is 18.5. The SMILES string of the molecule is Cn1c[n+](CCCS(=O)(=O)CP(=O)(O)OP(=O)(O)OP(=O)(O)OCC2OC(n3cnc4c(=O)[nH]c(N)nc43)C(O)C2O)c2nc(N)[nH]c(=O)c21. The molecule has 30 heteroatoms. The van der Waals surface area contributed by atoms with Gasteiger partial charge in [0.2, 0.25) is 11.5 Å². The number of aliphatic hydroxyl groups is 2. The lowest BCUT2D eigenvalue weighted by molar-refractivity contribution is -0.673. The first-order valence-electron chi connectivity index (χ1n) is 13.8. The van der Waals surface area contributed by atoms with Crippen LogP contribution in [0.2, 0.25) is 0 Å². The van der Waals surface area contributed by atoms with Crippen LogP contribution in [0.25, 0.3) is 22.3 Å². The summed E-state index contributed by atoms with van der Waals surface area (Å²) in [6.45, 7) is -1.15. The molecule has 11 N–H and O–H groups in total. The first kappa shape index (κ1) is 37.8. The van der Waals surface area contributed by atoms with E-state index in [0.29, 0.717) is 0 Å². The van der Waals surface area contributed by atoms with Crippen LogP contribution in [-0.4, -0.2) is 104 Å². The predicted molar refractivity (Wildman–Crippen MR) is 165 cm³/mol. The number of hydrogen-bond donors (Lipinski definition) is 9. The Morgan fingerprint density at radius 1 is 1.02 bits per heavy atom. The Kier molecular flexibility index (Phi) is 10.3. The molecule has 7 atom stereocenters. The number of anilines is 2. The van der Waals surface area contributed by atoms with Crippen molar-refractivity contribution in [3.63, 3.8) is 0 Å². The van der Waals surface area contributed by atoms with Gasteiger partial charge in [-0.25, -0.2) is 31.4 Å². The number of sulfone groups is 1. The number of nitrogens with one attached hydrogen (secondary N) is 2. The third-order valence-corrected chi connectivity index (χ3v) is 14.7. The van der Waals surface area contributed by atoms with Gasteiger partial charge in [-0.2, -0.15) is 9.29 Å². The topological polar surface area (TPSA) is 394 Å². The summed E-state index contributed by atoms with van der Waals surface area (Å²) in [5.41, 5.74) is 8.04. The van der Waals surface area contributed by atoms with Crippen LogP contribution < -0.4 is 27.2 Å². The first-order valence-corrected chi connectivity index (χ1v) is 20.4. The van der Waals surface area contributed by atoms with Gasteiger partial charge in [0, 0.05) is 0 Å². The molecule has 1 fully saturated rings. The number of nitrogens with two attached hydrogens (primary N) is 2. The van der Waals surface area contributed by atoms with E-state index in [9.17, 15) is 56.6 Å². The lowest BCUT2D eigenvalue weighted by atomic mass is 10.1. The minimum absolute atomic E-state index is 0.0584. The summed E-state index contributed by atoms with van der Waals surface area (Å²) in [7, 11) is -20.2.